The molecule has 96 valence electrons. The molecule has 0 saturated heterocycles. The molecule has 1 N–H and O–H groups in total. The van der Waals surface area contributed by atoms with E-state index in [2.05, 4.69) is 52.0 Å². The highest BCUT2D eigenvalue weighted by Gasteiger charge is 2.01. The Kier molecular flexibility index (Phi) is 6.52. The normalized spacial score (nSPS) is 11.2. The number of nitrogens with one attached hydrogen (secondary N) is 1. The van der Waals surface area contributed by atoms with Crippen LogP contribution in [0.15, 0.2) is 22.9 Å². The van der Waals surface area contributed by atoms with Crippen LogP contribution in [-0.4, -0.2) is 36.1 Å². The lowest BCUT2D eigenvalue weighted by atomic mass is 10.2. The molecule has 0 aliphatic carbocycles. The van der Waals surface area contributed by atoms with Crippen LogP contribution >= 0.6 is 15.9 Å². The van der Waals surface area contributed by atoms with Crippen molar-refractivity contribution in [2.75, 3.05) is 25.5 Å². The molecule has 0 fully saturated rings. The summed E-state index contributed by atoms with van der Waals surface area (Å²) in [5, 5.41) is 3.38. The van der Waals surface area contributed by atoms with Crippen LogP contribution in [0.25, 0.3) is 0 Å². The van der Waals surface area contributed by atoms with E-state index in [0.717, 1.165) is 23.2 Å². The van der Waals surface area contributed by atoms with E-state index in [9.17, 15) is 0 Å². The van der Waals surface area contributed by atoms with Gasteiger partial charge in [-0.2, -0.15) is 0 Å². The second-order valence-electron chi connectivity index (χ2n) is 4.60. The Bertz CT molecular complexity index is 328. The largest absolute Gasteiger partial charge is 0.384 e. The second-order valence-corrected chi connectivity index (χ2v) is 5.52. The summed E-state index contributed by atoms with van der Waals surface area (Å²) in [5.74, 6) is 0. The molecule has 4 heteroatoms. The molecular formula is C13H22BrN3. The van der Waals surface area contributed by atoms with E-state index in [0.29, 0.717) is 6.04 Å². The lowest BCUT2D eigenvalue weighted by Gasteiger charge is -2.20. The minimum Gasteiger partial charge on any atom is -0.384 e. The third-order valence-corrected chi connectivity index (χ3v) is 3.29. The summed E-state index contributed by atoms with van der Waals surface area (Å²) >= 11 is 3.41. The van der Waals surface area contributed by atoms with E-state index in [1.54, 1.807) is 6.20 Å². The highest BCUT2D eigenvalue weighted by Crippen LogP contribution is 2.13. The highest BCUT2D eigenvalue weighted by molar-refractivity contribution is 9.10. The molecular weight excluding hydrogens is 278 g/mol. The van der Waals surface area contributed by atoms with Crippen molar-refractivity contribution >= 4 is 21.6 Å². The Morgan fingerprint density at radius 3 is 2.76 bits per heavy atom. The third-order valence-electron chi connectivity index (χ3n) is 2.85. The van der Waals surface area contributed by atoms with Gasteiger partial charge in [0, 0.05) is 23.3 Å². The number of aromatic nitrogens is 1. The monoisotopic (exact) mass is 299 g/mol. The minimum absolute atomic E-state index is 0.636. The predicted octanol–water partition coefficient (Wildman–Crippen LogP) is 3.38. The first-order valence-corrected chi connectivity index (χ1v) is 6.93. The van der Waals surface area contributed by atoms with Gasteiger partial charge in [-0.1, -0.05) is 0 Å². The van der Waals surface area contributed by atoms with Crippen LogP contribution in [0, 0.1) is 0 Å². The van der Waals surface area contributed by atoms with Gasteiger partial charge in [-0.15, -0.1) is 0 Å². The van der Waals surface area contributed by atoms with Crippen LogP contribution < -0.4 is 5.32 Å². The van der Waals surface area contributed by atoms with E-state index in [-0.39, 0.29) is 0 Å². The predicted molar refractivity (Wildman–Crippen MR) is 77.4 cm³/mol. The van der Waals surface area contributed by atoms with Crippen molar-refractivity contribution in [1.29, 1.82) is 0 Å². The molecule has 0 aromatic carbocycles. The molecule has 0 amide bonds. The lowest BCUT2D eigenvalue weighted by molar-refractivity contribution is 0.269. The molecule has 0 spiro atoms. The highest BCUT2D eigenvalue weighted by atomic mass is 79.9. The Morgan fingerprint density at radius 2 is 2.12 bits per heavy atom. The zero-order valence-corrected chi connectivity index (χ0v) is 12.5. The number of hydrogen-bond donors (Lipinski definition) is 1. The van der Waals surface area contributed by atoms with Gasteiger partial charge in [-0.05, 0) is 62.3 Å². The fourth-order valence-electron chi connectivity index (χ4n) is 1.49. The molecule has 0 aliphatic heterocycles. The van der Waals surface area contributed by atoms with Gasteiger partial charge >= 0.3 is 0 Å². The molecule has 0 saturated carbocycles. The van der Waals surface area contributed by atoms with Crippen LogP contribution in [0.5, 0.6) is 0 Å². The smallest absolute Gasteiger partial charge is 0.0538 e. The number of rotatable bonds is 7. The van der Waals surface area contributed by atoms with Gasteiger partial charge in [0.05, 0.1) is 11.9 Å². The first-order chi connectivity index (χ1) is 8.09. The summed E-state index contributed by atoms with van der Waals surface area (Å²) in [6.45, 7) is 6.62. The quantitative estimate of drug-likeness (QED) is 0.783. The number of hydrogen-bond acceptors (Lipinski definition) is 3. The van der Waals surface area contributed by atoms with Gasteiger partial charge in [-0.25, -0.2) is 0 Å². The van der Waals surface area contributed by atoms with Crippen molar-refractivity contribution in [2.45, 2.75) is 32.7 Å². The fourth-order valence-corrected chi connectivity index (χ4v) is 1.85. The van der Waals surface area contributed by atoms with Crippen molar-refractivity contribution in [3.8, 4) is 0 Å². The van der Waals surface area contributed by atoms with Crippen molar-refractivity contribution in [1.82, 2.24) is 9.88 Å². The fraction of sp³-hybridized carbons (Fsp3) is 0.615. The van der Waals surface area contributed by atoms with Gasteiger partial charge in [0.1, 0.15) is 0 Å². The summed E-state index contributed by atoms with van der Waals surface area (Å²) in [6.07, 6.45) is 6.06. The average molecular weight is 300 g/mol. The molecule has 3 nitrogen and oxygen atoms in total. The maximum Gasteiger partial charge on any atom is 0.0538 e. The number of unbranched alkanes of at least 4 members (excludes halogenated alkanes) is 1. The lowest BCUT2D eigenvalue weighted by Crippen LogP contribution is -2.27. The van der Waals surface area contributed by atoms with E-state index in [4.69, 9.17) is 0 Å². The van der Waals surface area contributed by atoms with Crippen molar-refractivity contribution < 1.29 is 0 Å². The van der Waals surface area contributed by atoms with Crippen molar-refractivity contribution in [2.24, 2.45) is 0 Å². The molecule has 1 aromatic heterocycles. The number of pyridine rings is 1. The van der Waals surface area contributed by atoms with Gasteiger partial charge in [0.2, 0.25) is 0 Å². The maximum atomic E-state index is 4.12. The van der Waals surface area contributed by atoms with E-state index in [1.807, 2.05) is 12.3 Å². The van der Waals surface area contributed by atoms with Gasteiger partial charge < -0.3 is 10.2 Å². The summed E-state index contributed by atoms with van der Waals surface area (Å²) < 4.78 is 1.02. The van der Waals surface area contributed by atoms with Crippen LogP contribution in [0.3, 0.4) is 0 Å². The summed E-state index contributed by atoms with van der Waals surface area (Å²) in [7, 11) is 2.18. The molecule has 1 rings (SSSR count). The summed E-state index contributed by atoms with van der Waals surface area (Å²) in [4.78, 5) is 6.49. The molecule has 1 aromatic rings. The number of halogens is 1. The molecule has 17 heavy (non-hydrogen) atoms. The molecule has 0 atom stereocenters. The van der Waals surface area contributed by atoms with Crippen LogP contribution in [0.1, 0.15) is 26.7 Å². The topological polar surface area (TPSA) is 28.2 Å². The molecule has 0 aliphatic rings. The summed E-state index contributed by atoms with van der Waals surface area (Å²) in [5.41, 5.74) is 1.08. The molecule has 0 radical (unpaired) electrons. The SMILES string of the molecule is CC(C)N(C)CCCCNc1cncc(Br)c1. The Hall–Kier alpha value is -0.610. The zero-order valence-electron chi connectivity index (χ0n) is 10.9. The standard InChI is InChI=1S/C13H22BrN3/c1-11(2)17(3)7-5-4-6-16-13-8-12(14)9-15-10-13/h8-11,16H,4-7H2,1-3H3. The summed E-state index contributed by atoms with van der Waals surface area (Å²) in [6, 6.07) is 2.69. The van der Waals surface area contributed by atoms with E-state index >= 15 is 0 Å². The first kappa shape index (κ1) is 14.5. The first-order valence-electron chi connectivity index (χ1n) is 6.14. The molecule has 1 heterocycles. The Labute approximate surface area is 113 Å². The molecule has 0 unspecified atom stereocenters. The number of nitrogens with zero attached hydrogens (tertiary/aromatic N) is 2. The number of anilines is 1. The van der Waals surface area contributed by atoms with Crippen molar-refractivity contribution in [3.05, 3.63) is 22.9 Å². The van der Waals surface area contributed by atoms with E-state index in [1.165, 1.54) is 12.8 Å². The van der Waals surface area contributed by atoms with E-state index < -0.39 is 0 Å². The van der Waals surface area contributed by atoms with Crippen LogP contribution in [-0.2, 0) is 0 Å². The van der Waals surface area contributed by atoms with Crippen molar-refractivity contribution in [3.63, 3.8) is 0 Å². The van der Waals surface area contributed by atoms with Crippen LogP contribution in [0.4, 0.5) is 5.69 Å². The zero-order chi connectivity index (χ0) is 12.7. The molecule has 0 bridgehead atoms. The van der Waals surface area contributed by atoms with Gasteiger partial charge in [-0.3, -0.25) is 4.98 Å². The second kappa shape index (κ2) is 7.67. The Balaban J connectivity index is 2.12. The minimum atomic E-state index is 0.636. The van der Waals surface area contributed by atoms with Gasteiger partial charge in [0.25, 0.3) is 0 Å². The third kappa shape index (κ3) is 6.03. The Morgan fingerprint density at radius 1 is 1.35 bits per heavy atom. The average Bonchev–Trinajstić information content (AvgIpc) is 2.28. The maximum absolute atomic E-state index is 4.12. The van der Waals surface area contributed by atoms with Gasteiger partial charge in [0.15, 0.2) is 0 Å². The van der Waals surface area contributed by atoms with Crippen LogP contribution in [0.2, 0.25) is 0 Å².